The second-order valence-corrected chi connectivity index (χ2v) is 8.14. The topological polar surface area (TPSA) is 77.3 Å². The van der Waals surface area contributed by atoms with Crippen molar-refractivity contribution in [2.24, 2.45) is 5.92 Å². The summed E-state index contributed by atoms with van der Waals surface area (Å²) >= 11 is 0. The van der Waals surface area contributed by atoms with E-state index in [4.69, 9.17) is 14.5 Å². The van der Waals surface area contributed by atoms with E-state index in [2.05, 4.69) is 43.0 Å². The van der Waals surface area contributed by atoms with E-state index in [0.29, 0.717) is 17.4 Å². The van der Waals surface area contributed by atoms with Crippen LogP contribution in [0.3, 0.4) is 0 Å². The number of imidazole rings is 1. The quantitative estimate of drug-likeness (QED) is 0.494. The van der Waals surface area contributed by atoms with Gasteiger partial charge in [0.25, 0.3) is 0 Å². The minimum atomic E-state index is 0.582. The Balaban J connectivity index is 1.36. The van der Waals surface area contributed by atoms with E-state index >= 15 is 0 Å². The normalized spacial score (nSPS) is 14.8. The lowest BCUT2D eigenvalue weighted by Crippen LogP contribution is -2.35. The Labute approximate surface area is 187 Å². The third-order valence-electron chi connectivity index (χ3n) is 6.35. The number of para-hydroxylation sites is 2. The molecule has 166 valence electrons. The maximum Gasteiger partial charge on any atom is 0.203 e. The molecule has 1 saturated heterocycles. The van der Waals surface area contributed by atoms with Gasteiger partial charge in [-0.2, -0.15) is 0 Å². The van der Waals surface area contributed by atoms with Gasteiger partial charge in [-0.15, -0.1) is 0 Å². The fraction of sp³-hybridized carbons (Fsp3) is 0.375. The van der Waals surface area contributed by atoms with Crippen LogP contribution in [0.2, 0.25) is 0 Å². The Bertz CT molecular complexity index is 1250. The molecule has 0 aliphatic carbocycles. The molecule has 0 amide bonds. The van der Waals surface area contributed by atoms with E-state index in [1.165, 1.54) is 5.52 Å². The first-order valence-corrected chi connectivity index (χ1v) is 11.0. The molecule has 1 N–H and O–H groups in total. The first kappa shape index (κ1) is 20.4. The number of anilines is 2. The van der Waals surface area contributed by atoms with E-state index in [0.717, 1.165) is 60.7 Å². The molecule has 0 spiro atoms. The van der Waals surface area contributed by atoms with E-state index in [1.54, 1.807) is 20.5 Å². The summed E-state index contributed by atoms with van der Waals surface area (Å²) in [5.41, 5.74) is 3.08. The van der Waals surface area contributed by atoms with Crippen LogP contribution in [-0.4, -0.2) is 53.9 Å². The van der Waals surface area contributed by atoms with Gasteiger partial charge in [0.15, 0.2) is 11.5 Å². The van der Waals surface area contributed by atoms with Gasteiger partial charge in [0.2, 0.25) is 5.95 Å². The Hall–Kier alpha value is -3.55. The number of hydrogen-bond donors (Lipinski definition) is 1. The number of hydrogen-bond acceptors (Lipinski definition) is 7. The zero-order valence-electron chi connectivity index (χ0n) is 18.7. The van der Waals surface area contributed by atoms with Crippen LogP contribution < -0.4 is 19.7 Å². The predicted molar refractivity (Wildman–Crippen MR) is 127 cm³/mol. The Morgan fingerprint density at radius 1 is 1.00 bits per heavy atom. The van der Waals surface area contributed by atoms with Crippen LogP contribution in [0.15, 0.2) is 42.7 Å². The Morgan fingerprint density at radius 3 is 2.50 bits per heavy atom. The van der Waals surface area contributed by atoms with Crippen molar-refractivity contribution in [2.75, 3.05) is 44.6 Å². The van der Waals surface area contributed by atoms with Gasteiger partial charge in [-0.05, 0) is 37.0 Å². The summed E-state index contributed by atoms with van der Waals surface area (Å²) in [6.45, 7) is 2.86. The largest absolute Gasteiger partial charge is 0.493 e. The van der Waals surface area contributed by atoms with E-state index < -0.39 is 0 Å². The average Bonchev–Trinajstić information content (AvgIpc) is 3.20. The van der Waals surface area contributed by atoms with Crippen LogP contribution in [0.1, 0.15) is 12.8 Å². The molecule has 1 fully saturated rings. The van der Waals surface area contributed by atoms with Gasteiger partial charge in [0.1, 0.15) is 12.1 Å². The monoisotopic (exact) mass is 432 g/mol. The molecule has 0 bridgehead atoms. The molecule has 1 aliphatic rings. The number of fused-ring (bicyclic) bond motifs is 2. The highest BCUT2D eigenvalue weighted by Crippen LogP contribution is 2.36. The Kier molecular flexibility index (Phi) is 5.43. The van der Waals surface area contributed by atoms with Gasteiger partial charge in [-0.1, -0.05) is 12.1 Å². The number of nitrogens with one attached hydrogen (secondary N) is 1. The van der Waals surface area contributed by atoms with Crippen molar-refractivity contribution in [1.82, 2.24) is 19.5 Å². The summed E-state index contributed by atoms with van der Waals surface area (Å²) in [5.74, 6) is 3.84. The second-order valence-electron chi connectivity index (χ2n) is 8.14. The molecule has 2 aromatic carbocycles. The molecule has 32 heavy (non-hydrogen) atoms. The molecular weight excluding hydrogens is 404 g/mol. The maximum atomic E-state index is 5.51. The molecule has 2 aromatic heterocycles. The van der Waals surface area contributed by atoms with Crippen LogP contribution in [0.4, 0.5) is 11.8 Å². The third-order valence-corrected chi connectivity index (χ3v) is 6.35. The van der Waals surface area contributed by atoms with E-state index in [1.807, 2.05) is 25.2 Å². The fourth-order valence-corrected chi connectivity index (χ4v) is 4.66. The maximum absolute atomic E-state index is 5.51. The molecule has 1 aliphatic heterocycles. The summed E-state index contributed by atoms with van der Waals surface area (Å²) in [7, 11) is 5.22. The van der Waals surface area contributed by atoms with Crippen molar-refractivity contribution in [3.63, 3.8) is 0 Å². The van der Waals surface area contributed by atoms with Gasteiger partial charge in [-0.25, -0.2) is 15.0 Å². The van der Waals surface area contributed by atoms with Crippen molar-refractivity contribution >= 4 is 33.7 Å². The fourth-order valence-electron chi connectivity index (χ4n) is 4.66. The van der Waals surface area contributed by atoms with E-state index in [9.17, 15) is 0 Å². The van der Waals surface area contributed by atoms with Gasteiger partial charge in [-0.3, -0.25) is 0 Å². The van der Waals surface area contributed by atoms with E-state index in [-0.39, 0.29) is 0 Å². The minimum Gasteiger partial charge on any atom is -0.493 e. The van der Waals surface area contributed by atoms with Crippen molar-refractivity contribution < 1.29 is 9.47 Å². The summed E-state index contributed by atoms with van der Waals surface area (Å²) in [6.07, 6.45) is 3.81. The Morgan fingerprint density at radius 2 is 1.75 bits per heavy atom. The number of ether oxygens (including phenoxy) is 2. The molecule has 0 saturated carbocycles. The highest BCUT2D eigenvalue weighted by atomic mass is 16.5. The summed E-state index contributed by atoms with van der Waals surface area (Å²) in [6, 6.07) is 12.2. The van der Waals surface area contributed by atoms with Crippen LogP contribution in [-0.2, 0) is 6.54 Å². The average molecular weight is 433 g/mol. The molecule has 8 nitrogen and oxygen atoms in total. The summed E-state index contributed by atoms with van der Waals surface area (Å²) in [4.78, 5) is 16.2. The first-order valence-electron chi connectivity index (χ1n) is 11.0. The van der Waals surface area contributed by atoms with Crippen LogP contribution in [0.5, 0.6) is 11.5 Å². The highest BCUT2D eigenvalue weighted by Gasteiger charge is 2.24. The highest BCUT2D eigenvalue weighted by molar-refractivity contribution is 5.92. The smallest absolute Gasteiger partial charge is 0.203 e. The molecule has 0 radical (unpaired) electrons. The van der Waals surface area contributed by atoms with Crippen LogP contribution >= 0.6 is 0 Å². The van der Waals surface area contributed by atoms with Crippen molar-refractivity contribution in [2.45, 2.75) is 19.4 Å². The molecular formula is C24H28N6O2. The zero-order chi connectivity index (χ0) is 22.1. The van der Waals surface area contributed by atoms with Gasteiger partial charge >= 0.3 is 0 Å². The predicted octanol–water partition coefficient (Wildman–Crippen LogP) is 3.96. The van der Waals surface area contributed by atoms with Crippen molar-refractivity contribution in [1.29, 1.82) is 0 Å². The summed E-state index contributed by atoms with van der Waals surface area (Å²) in [5, 5.41) is 4.24. The third kappa shape index (κ3) is 3.55. The standard InChI is InChI=1S/C24H28N6O2/c1-25-24-28-18-6-4-5-7-20(18)30(24)14-16-8-10-29(11-9-16)23-17-12-21(31-2)22(32-3)13-19(17)26-15-27-23/h4-7,12-13,15-16H,8-11,14H2,1-3H3,(H,25,28). The SMILES string of the molecule is CNc1nc2ccccc2n1CC1CCN(c2ncnc3cc(OC)c(OC)cc23)CC1. The minimum absolute atomic E-state index is 0.582. The van der Waals surface area contributed by atoms with Gasteiger partial charge < -0.3 is 24.3 Å². The number of rotatable bonds is 6. The summed E-state index contributed by atoms with van der Waals surface area (Å²) < 4.78 is 13.2. The second kappa shape index (κ2) is 8.53. The molecule has 0 unspecified atom stereocenters. The number of nitrogens with zero attached hydrogens (tertiary/aromatic N) is 5. The lowest BCUT2D eigenvalue weighted by Gasteiger charge is -2.33. The number of piperidine rings is 1. The number of benzene rings is 2. The molecule has 3 heterocycles. The van der Waals surface area contributed by atoms with Gasteiger partial charge in [0, 0.05) is 38.1 Å². The molecule has 5 rings (SSSR count). The molecule has 0 atom stereocenters. The molecule has 8 heteroatoms. The number of methoxy groups -OCH3 is 2. The number of aromatic nitrogens is 4. The molecule has 4 aromatic rings. The zero-order valence-corrected chi connectivity index (χ0v) is 18.7. The van der Waals surface area contributed by atoms with Gasteiger partial charge in [0.05, 0.1) is 30.8 Å². The van der Waals surface area contributed by atoms with Crippen LogP contribution in [0, 0.1) is 5.92 Å². The van der Waals surface area contributed by atoms with Crippen molar-refractivity contribution in [3.05, 3.63) is 42.7 Å². The lowest BCUT2D eigenvalue weighted by atomic mass is 9.96. The van der Waals surface area contributed by atoms with Crippen LogP contribution in [0.25, 0.3) is 21.9 Å². The first-order chi connectivity index (χ1) is 15.7. The lowest BCUT2D eigenvalue weighted by molar-refractivity contribution is 0.355. The van der Waals surface area contributed by atoms with Crippen molar-refractivity contribution in [3.8, 4) is 11.5 Å².